The van der Waals surface area contributed by atoms with E-state index in [9.17, 15) is 4.79 Å². The summed E-state index contributed by atoms with van der Waals surface area (Å²) in [6, 6.07) is 29.4. The van der Waals surface area contributed by atoms with E-state index in [1.807, 2.05) is 108 Å². The van der Waals surface area contributed by atoms with E-state index in [0.29, 0.717) is 18.0 Å². The number of amides is 1. The van der Waals surface area contributed by atoms with E-state index in [-0.39, 0.29) is 11.9 Å². The number of aromatic nitrogens is 2. The molecule has 0 N–H and O–H groups in total. The maximum atomic E-state index is 13.3. The summed E-state index contributed by atoms with van der Waals surface area (Å²) in [4.78, 5) is 15.3. The third-order valence-corrected chi connectivity index (χ3v) is 5.69. The minimum Gasteiger partial charge on any atom is -0.439 e. The summed E-state index contributed by atoms with van der Waals surface area (Å²) in [5, 5.41) is 4.80. The molecule has 5 heteroatoms. The van der Waals surface area contributed by atoms with Crippen molar-refractivity contribution in [2.75, 3.05) is 0 Å². The van der Waals surface area contributed by atoms with Gasteiger partial charge in [0.05, 0.1) is 23.5 Å². The molecule has 0 saturated heterocycles. The molecule has 1 aliphatic rings. The maximum absolute atomic E-state index is 13.3. The van der Waals surface area contributed by atoms with Crippen LogP contribution < -0.4 is 4.74 Å². The number of carbonyl (C=O) groups is 1. The first-order valence-electron chi connectivity index (χ1n) is 10.9. The van der Waals surface area contributed by atoms with Gasteiger partial charge in [-0.05, 0) is 56.2 Å². The first kappa shape index (κ1) is 20.1. The lowest BCUT2D eigenvalue weighted by molar-refractivity contribution is 0.0729. The van der Waals surface area contributed by atoms with Crippen molar-refractivity contribution in [2.24, 2.45) is 0 Å². The van der Waals surface area contributed by atoms with Crippen LogP contribution in [0.3, 0.4) is 0 Å². The van der Waals surface area contributed by atoms with Crippen molar-refractivity contribution in [3.05, 3.63) is 108 Å². The molecule has 0 spiro atoms. The average Bonchev–Trinajstić information content (AvgIpc) is 3.64. The van der Waals surface area contributed by atoms with Crippen molar-refractivity contribution in [1.82, 2.24) is 14.7 Å². The quantitative estimate of drug-likeness (QED) is 0.379. The van der Waals surface area contributed by atoms with Crippen LogP contribution in [0.15, 0.2) is 91.0 Å². The molecule has 0 bridgehead atoms. The highest BCUT2D eigenvalue weighted by Gasteiger charge is 2.35. The minimum atomic E-state index is 0.0469. The van der Waals surface area contributed by atoms with Gasteiger partial charge < -0.3 is 9.64 Å². The van der Waals surface area contributed by atoms with Crippen molar-refractivity contribution < 1.29 is 9.53 Å². The molecule has 1 aromatic heterocycles. The Balaban J connectivity index is 1.55. The number of para-hydroxylation sites is 2. The molecule has 3 aromatic carbocycles. The Bertz CT molecular complexity index is 1200. The third-order valence-electron chi connectivity index (χ3n) is 5.69. The van der Waals surface area contributed by atoms with Crippen LogP contribution in [0.1, 0.15) is 34.5 Å². The van der Waals surface area contributed by atoms with Crippen LogP contribution in [0.2, 0.25) is 0 Å². The van der Waals surface area contributed by atoms with Crippen molar-refractivity contribution in [1.29, 1.82) is 0 Å². The Hall–Kier alpha value is -3.86. The van der Waals surface area contributed by atoms with Gasteiger partial charge in [-0.15, -0.1) is 0 Å². The lowest BCUT2D eigenvalue weighted by atomic mass is 10.1. The lowest BCUT2D eigenvalue weighted by Crippen LogP contribution is -2.32. The van der Waals surface area contributed by atoms with Crippen molar-refractivity contribution in [3.63, 3.8) is 0 Å². The number of rotatable bonds is 7. The van der Waals surface area contributed by atoms with Gasteiger partial charge in [0.25, 0.3) is 5.91 Å². The molecule has 4 aromatic rings. The smallest absolute Gasteiger partial charge is 0.254 e. The molecule has 1 amide bonds. The fourth-order valence-electron chi connectivity index (χ4n) is 3.84. The van der Waals surface area contributed by atoms with Gasteiger partial charge in [0.15, 0.2) is 0 Å². The van der Waals surface area contributed by atoms with Crippen molar-refractivity contribution in [3.8, 4) is 17.3 Å². The Morgan fingerprint density at radius 2 is 1.53 bits per heavy atom. The Morgan fingerprint density at radius 1 is 0.938 bits per heavy atom. The van der Waals surface area contributed by atoms with Crippen LogP contribution in [0.4, 0.5) is 0 Å². The molecule has 5 rings (SSSR count). The molecule has 32 heavy (non-hydrogen) atoms. The van der Waals surface area contributed by atoms with Gasteiger partial charge in [-0.3, -0.25) is 4.79 Å². The Kier molecular flexibility index (Phi) is 5.46. The first-order chi connectivity index (χ1) is 15.7. The van der Waals surface area contributed by atoms with Gasteiger partial charge in [0.1, 0.15) is 5.75 Å². The van der Waals surface area contributed by atoms with Crippen LogP contribution in [0.25, 0.3) is 5.69 Å². The number of hydrogen-bond acceptors (Lipinski definition) is 3. The van der Waals surface area contributed by atoms with Gasteiger partial charge in [-0.2, -0.15) is 5.10 Å². The van der Waals surface area contributed by atoms with E-state index < -0.39 is 0 Å². The number of benzene rings is 3. The fourth-order valence-corrected chi connectivity index (χ4v) is 3.84. The van der Waals surface area contributed by atoms with Crippen LogP contribution >= 0.6 is 0 Å². The molecule has 1 heterocycles. The minimum absolute atomic E-state index is 0.0469. The second kappa shape index (κ2) is 8.71. The molecular weight excluding hydrogens is 398 g/mol. The summed E-state index contributed by atoms with van der Waals surface area (Å²) < 4.78 is 8.19. The van der Waals surface area contributed by atoms with Crippen molar-refractivity contribution >= 4 is 5.91 Å². The second-order valence-electron chi connectivity index (χ2n) is 8.06. The summed E-state index contributed by atoms with van der Waals surface area (Å²) in [7, 11) is 0. The van der Waals surface area contributed by atoms with E-state index in [1.54, 1.807) is 0 Å². The molecule has 160 valence electrons. The van der Waals surface area contributed by atoms with Crippen molar-refractivity contribution in [2.45, 2.75) is 32.4 Å². The summed E-state index contributed by atoms with van der Waals surface area (Å²) in [6.07, 6.45) is 2.05. The van der Waals surface area contributed by atoms with Crippen LogP contribution in [-0.2, 0) is 6.54 Å². The third kappa shape index (κ3) is 4.14. The molecule has 0 unspecified atom stereocenters. The highest BCUT2D eigenvalue weighted by molar-refractivity contribution is 5.94. The van der Waals surface area contributed by atoms with E-state index in [0.717, 1.165) is 35.5 Å². The molecule has 1 fully saturated rings. The fraction of sp³-hybridized carbons (Fsp3) is 0.185. The number of ether oxygens (including phenoxy) is 1. The predicted octanol–water partition coefficient (Wildman–Crippen LogP) is 5.78. The molecular formula is C27H25N3O2. The summed E-state index contributed by atoms with van der Waals surface area (Å²) >= 11 is 0. The zero-order valence-corrected chi connectivity index (χ0v) is 18.0. The van der Waals surface area contributed by atoms with E-state index in [1.165, 1.54) is 0 Å². The number of carbonyl (C=O) groups excluding carboxylic acids is 1. The predicted molar refractivity (Wildman–Crippen MR) is 124 cm³/mol. The van der Waals surface area contributed by atoms with Gasteiger partial charge in [0, 0.05) is 11.6 Å². The maximum Gasteiger partial charge on any atom is 0.254 e. The van der Waals surface area contributed by atoms with Gasteiger partial charge in [-0.1, -0.05) is 54.6 Å². The standard InChI is InChI=1S/C27H25N3O2/c1-20-25(19-29(22-17-18-22)26(31)21-11-5-2-6-12-21)27(32-24-15-9-4-10-16-24)30(28-20)23-13-7-3-8-14-23/h2-16,22H,17-19H2,1H3. The van der Waals surface area contributed by atoms with Crippen LogP contribution in [-0.4, -0.2) is 26.6 Å². The number of nitrogens with zero attached hydrogens (tertiary/aromatic N) is 3. The monoisotopic (exact) mass is 423 g/mol. The Morgan fingerprint density at radius 3 is 2.16 bits per heavy atom. The molecule has 0 atom stereocenters. The van der Waals surface area contributed by atoms with Gasteiger partial charge in [0.2, 0.25) is 5.88 Å². The number of aryl methyl sites for hydroxylation is 1. The molecule has 0 aliphatic heterocycles. The molecule has 1 aliphatic carbocycles. The largest absolute Gasteiger partial charge is 0.439 e. The SMILES string of the molecule is Cc1nn(-c2ccccc2)c(Oc2ccccc2)c1CN(C(=O)c1ccccc1)C1CC1. The van der Waals surface area contributed by atoms with Gasteiger partial charge in [-0.25, -0.2) is 4.68 Å². The summed E-state index contributed by atoms with van der Waals surface area (Å²) in [5.41, 5.74) is 3.40. The zero-order valence-electron chi connectivity index (χ0n) is 18.0. The average molecular weight is 424 g/mol. The molecule has 5 nitrogen and oxygen atoms in total. The summed E-state index contributed by atoms with van der Waals surface area (Å²) in [5.74, 6) is 1.43. The zero-order chi connectivity index (χ0) is 21.9. The first-order valence-corrected chi connectivity index (χ1v) is 10.9. The molecule has 1 saturated carbocycles. The van der Waals surface area contributed by atoms with E-state index in [2.05, 4.69) is 0 Å². The normalized spacial score (nSPS) is 13.0. The Labute approximate surface area is 187 Å². The van der Waals surface area contributed by atoms with Gasteiger partial charge >= 0.3 is 0 Å². The van der Waals surface area contributed by atoms with Crippen LogP contribution in [0.5, 0.6) is 11.6 Å². The molecule has 0 radical (unpaired) electrons. The second-order valence-corrected chi connectivity index (χ2v) is 8.06. The highest BCUT2D eigenvalue weighted by Crippen LogP contribution is 2.35. The topological polar surface area (TPSA) is 47.4 Å². The number of hydrogen-bond donors (Lipinski definition) is 0. The summed E-state index contributed by atoms with van der Waals surface area (Å²) in [6.45, 7) is 2.43. The lowest BCUT2D eigenvalue weighted by Gasteiger charge is -2.23. The van der Waals surface area contributed by atoms with E-state index in [4.69, 9.17) is 9.84 Å². The highest BCUT2D eigenvalue weighted by atomic mass is 16.5. The van der Waals surface area contributed by atoms with Crippen LogP contribution in [0, 0.1) is 6.92 Å². The van der Waals surface area contributed by atoms with E-state index >= 15 is 0 Å².